The van der Waals surface area contributed by atoms with Crippen molar-refractivity contribution in [2.45, 2.75) is 36.8 Å². The number of rotatable bonds is 3. The first-order valence-corrected chi connectivity index (χ1v) is 7.62. The van der Waals surface area contributed by atoms with E-state index in [9.17, 15) is 8.42 Å². The maximum atomic E-state index is 12.0. The number of nitrogens with one attached hydrogen (secondary N) is 1. The molecule has 0 amide bonds. The highest BCUT2D eigenvalue weighted by Gasteiger charge is 2.31. The third kappa shape index (κ3) is 2.88. The molecule has 4 nitrogen and oxygen atoms in total. The van der Waals surface area contributed by atoms with E-state index in [0.29, 0.717) is 12.8 Å². The van der Waals surface area contributed by atoms with Crippen molar-refractivity contribution in [3.63, 3.8) is 0 Å². The molecule has 1 aliphatic rings. The highest BCUT2D eigenvalue weighted by atomic mass is 79.9. The Morgan fingerprint density at radius 3 is 2.59 bits per heavy atom. The Morgan fingerprint density at radius 2 is 2.06 bits per heavy atom. The van der Waals surface area contributed by atoms with Crippen LogP contribution in [0.5, 0.6) is 0 Å². The molecule has 94 valence electrons. The summed E-state index contributed by atoms with van der Waals surface area (Å²) in [4.78, 5) is 0.264. The summed E-state index contributed by atoms with van der Waals surface area (Å²) in [6.07, 6.45) is 0.623. The number of halogens is 1. The van der Waals surface area contributed by atoms with Gasteiger partial charge in [0.2, 0.25) is 10.0 Å². The molecule has 0 bridgehead atoms. The molecule has 1 aliphatic carbocycles. The molecule has 0 heterocycles. The lowest BCUT2D eigenvalue weighted by Gasteiger charge is -2.31. The summed E-state index contributed by atoms with van der Waals surface area (Å²) in [6, 6.07) is 4.77. The van der Waals surface area contributed by atoms with Gasteiger partial charge in [-0.3, -0.25) is 0 Å². The smallest absolute Gasteiger partial charge is 0.240 e. The molecule has 2 rings (SSSR count). The average molecular weight is 320 g/mol. The van der Waals surface area contributed by atoms with Crippen LogP contribution in [0.15, 0.2) is 27.6 Å². The molecular formula is C11H14BrNO3S. The fourth-order valence-corrected chi connectivity index (χ4v) is 3.35. The van der Waals surface area contributed by atoms with Crippen molar-refractivity contribution in [2.24, 2.45) is 0 Å². The van der Waals surface area contributed by atoms with E-state index in [1.165, 1.54) is 0 Å². The van der Waals surface area contributed by atoms with E-state index < -0.39 is 10.0 Å². The summed E-state index contributed by atoms with van der Waals surface area (Å²) in [6.45, 7) is 1.84. The van der Waals surface area contributed by atoms with Crippen molar-refractivity contribution in [1.82, 2.24) is 4.72 Å². The lowest BCUT2D eigenvalue weighted by atomic mass is 9.91. The van der Waals surface area contributed by atoms with Gasteiger partial charge in [-0.15, -0.1) is 0 Å². The maximum absolute atomic E-state index is 12.0. The van der Waals surface area contributed by atoms with Crippen LogP contribution in [0, 0.1) is 6.92 Å². The average Bonchev–Trinajstić information content (AvgIpc) is 2.19. The van der Waals surface area contributed by atoms with Gasteiger partial charge in [-0.2, -0.15) is 0 Å². The number of aryl methyl sites for hydroxylation is 1. The highest BCUT2D eigenvalue weighted by molar-refractivity contribution is 9.10. The Hall–Kier alpha value is -0.430. The van der Waals surface area contributed by atoms with Crippen LogP contribution in [-0.2, 0) is 10.0 Å². The van der Waals surface area contributed by atoms with Crippen molar-refractivity contribution in [3.8, 4) is 0 Å². The van der Waals surface area contributed by atoms with Crippen LogP contribution < -0.4 is 4.72 Å². The van der Waals surface area contributed by atoms with Crippen molar-refractivity contribution in [3.05, 3.63) is 28.2 Å². The van der Waals surface area contributed by atoms with Gasteiger partial charge in [0.25, 0.3) is 0 Å². The topological polar surface area (TPSA) is 66.4 Å². The first-order chi connectivity index (χ1) is 7.88. The zero-order valence-corrected chi connectivity index (χ0v) is 11.8. The lowest BCUT2D eigenvalue weighted by Crippen LogP contribution is -2.46. The molecule has 1 fully saturated rings. The molecule has 0 aromatic heterocycles. The second-order valence-corrected chi connectivity index (χ2v) is 6.92. The second-order valence-electron chi connectivity index (χ2n) is 4.35. The largest absolute Gasteiger partial charge is 0.393 e. The third-order valence-electron chi connectivity index (χ3n) is 2.87. The van der Waals surface area contributed by atoms with Gasteiger partial charge in [0.15, 0.2) is 0 Å². The Kier molecular flexibility index (Phi) is 3.58. The van der Waals surface area contributed by atoms with Crippen LogP contribution in [0.3, 0.4) is 0 Å². The van der Waals surface area contributed by atoms with Crippen molar-refractivity contribution in [1.29, 1.82) is 0 Å². The van der Waals surface area contributed by atoms with Crippen LogP contribution in [0.1, 0.15) is 18.4 Å². The molecule has 1 aromatic carbocycles. The predicted octanol–water partition coefficient (Wildman–Crippen LogP) is 1.56. The molecule has 0 unspecified atom stereocenters. The quantitative estimate of drug-likeness (QED) is 0.888. The summed E-state index contributed by atoms with van der Waals surface area (Å²) >= 11 is 3.33. The SMILES string of the molecule is Cc1cc(S(=O)(=O)N[C@H]2C[C@H](O)C2)ccc1Br. The van der Waals surface area contributed by atoms with Crippen LogP contribution in [0.25, 0.3) is 0 Å². The number of aliphatic hydroxyl groups is 1. The first-order valence-electron chi connectivity index (χ1n) is 5.35. The zero-order valence-electron chi connectivity index (χ0n) is 9.35. The Balaban J connectivity index is 2.17. The molecule has 2 N–H and O–H groups in total. The number of aliphatic hydroxyl groups excluding tert-OH is 1. The molecule has 17 heavy (non-hydrogen) atoms. The Morgan fingerprint density at radius 1 is 1.41 bits per heavy atom. The number of benzene rings is 1. The van der Waals surface area contributed by atoms with Crippen LogP contribution in [0.2, 0.25) is 0 Å². The third-order valence-corrected chi connectivity index (χ3v) is 5.28. The van der Waals surface area contributed by atoms with Crippen molar-refractivity contribution in [2.75, 3.05) is 0 Å². The first kappa shape index (κ1) is 13.0. The van der Waals surface area contributed by atoms with Crippen molar-refractivity contribution < 1.29 is 13.5 Å². The van der Waals surface area contributed by atoms with E-state index >= 15 is 0 Å². The predicted molar refractivity (Wildman–Crippen MR) is 68.2 cm³/mol. The number of hydrogen-bond donors (Lipinski definition) is 2. The summed E-state index contributed by atoms with van der Waals surface area (Å²) in [5, 5.41) is 9.13. The molecule has 0 radical (unpaired) electrons. The van der Waals surface area contributed by atoms with Crippen molar-refractivity contribution >= 4 is 26.0 Å². The molecular weight excluding hydrogens is 306 g/mol. The van der Waals surface area contributed by atoms with Gasteiger partial charge in [0.1, 0.15) is 0 Å². The van der Waals surface area contributed by atoms with Crippen LogP contribution in [0.4, 0.5) is 0 Å². The van der Waals surface area contributed by atoms with E-state index in [1.807, 2.05) is 6.92 Å². The molecule has 1 saturated carbocycles. The normalized spacial score (nSPS) is 24.4. The van der Waals surface area contributed by atoms with E-state index in [2.05, 4.69) is 20.7 Å². The highest BCUT2D eigenvalue weighted by Crippen LogP contribution is 2.24. The monoisotopic (exact) mass is 319 g/mol. The molecule has 6 heteroatoms. The van der Waals surface area contributed by atoms with Gasteiger partial charge >= 0.3 is 0 Å². The minimum atomic E-state index is -3.46. The summed E-state index contributed by atoms with van der Waals surface area (Å²) in [5.74, 6) is 0. The minimum Gasteiger partial charge on any atom is -0.393 e. The van der Waals surface area contributed by atoms with Gasteiger partial charge in [0, 0.05) is 10.5 Å². The maximum Gasteiger partial charge on any atom is 0.240 e. The number of hydrogen-bond acceptors (Lipinski definition) is 3. The summed E-state index contributed by atoms with van der Waals surface area (Å²) in [7, 11) is -3.46. The molecule has 1 aromatic rings. The van der Waals surface area contributed by atoms with Gasteiger partial charge in [-0.25, -0.2) is 13.1 Å². The summed E-state index contributed by atoms with van der Waals surface area (Å²) < 4.78 is 27.5. The van der Waals surface area contributed by atoms with E-state index in [1.54, 1.807) is 18.2 Å². The van der Waals surface area contributed by atoms with Crippen LogP contribution >= 0.6 is 15.9 Å². The minimum absolute atomic E-state index is 0.140. The standard InChI is InChI=1S/C11H14BrNO3S/c1-7-4-10(2-3-11(7)12)17(15,16)13-8-5-9(14)6-8/h2-4,8-9,13-14H,5-6H2,1H3/t8-,9-. The molecule has 0 atom stereocenters. The van der Waals surface area contributed by atoms with Gasteiger partial charge in [0.05, 0.1) is 11.0 Å². The van der Waals surface area contributed by atoms with Gasteiger partial charge < -0.3 is 5.11 Å². The van der Waals surface area contributed by atoms with Gasteiger partial charge in [-0.1, -0.05) is 15.9 Å². The van der Waals surface area contributed by atoms with E-state index in [4.69, 9.17) is 5.11 Å². The lowest BCUT2D eigenvalue weighted by molar-refractivity contribution is 0.0712. The molecule has 0 spiro atoms. The molecule has 0 aliphatic heterocycles. The van der Waals surface area contributed by atoms with Gasteiger partial charge in [-0.05, 0) is 43.5 Å². The molecule has 0 saturated heterocycles. The fraction of sp³-hybridized carbons (Fsp3) is 0.455. The van der Waals surface area contributed by atoms with E-state index in [-0.39, 0.29) is 17.0 Å². The van der Waals surface area contributed by atoms with E-state index in [0.717, 1.165) is 10.0 Å². The van der Waals surface area contributed by atoms with Crippen LogP contribution in [-0.4, -0.2) is 25.7 Å². The summed E-state index contributed by atoms with van der Waals surface area (Å²) in [5.41, 5.74) is 0.876. The Bertz CT molecular complexity index is 524. The Labute approximate surface area is 109 Å². The second kappa shape index (κ2) is 4.68. The zero-order chi connectivity index (χ0) is 12.6. The number of sulfonamides is 1. The fourth-order valence-electron chi connectivity index (χ4n) is 1.76.